The van der Waals surface area contributed by atoms with Gasteiger partial charge >= 0.3 is 5.97 Å². The van der Waals surface area contributed by atoms with E-state index < -0.39 is 0 Å². The van der Waals surface area contributed by atoms with Crippen LogP contribution in [0.3, 0.4) is 0 Å². The molecule has 176 valence electrons. The number of carbonyl (C=O) groups excluding carboxylic acids is 1. The molecule has 8 atom stereocenters. The Kier molecular flexibility index (Phi) is 6.68. The van der Waals surface area contributed by atoms with Gasteiger partial charge in [0.25, 0.3) is 0 Å². The zero-order chi connectivity index (χ0) is 22.4. The van der Waals surface area contributed by atoms with Crippen molar-refractivity contribution in [3.63, 3.8) is 0 Å². The van der Waals surface area contributed by atoms with Crippen molar-refractivity contribution in [2.45, 2.75) is 118 Å². The van der Waals surface area contributed by atoms with E-state index in [2.05, 4.69) is 40.7 Å². The van der Waals surface area contributed by atoms with Crippen LogP contribution >= 0.6 is 0 Å². The van der Waals surface area contributed by atoms with E-state index in [1.165, 1.54) is 64.2 Å². The molecule has 4 rings (SSSR count). The summed E-state index contributed by atoms with van der Waals surface area (Å²) in [4.78, 5) is 11.9. The smallest absolute Gasteiger partial charge is 0.302 e. The monoisotopic (exact) mass is 428 g/mol. The summed E-state index contributed by atoms with van der Waals surface area (Å²) >= 11 is 0. The van der Waals surface area contributed by atoms with E-state index in [9.17, 15) is 4.79 Å². The minimum atomic E-state index is -0.0913. The summed E-state index contributed by atoms with van der Waals surface area (Å²) in [5.74, 6) is 4.85. The molecule has 0 aliphatic heterocycles. The Labute approximate surface area is 192 Å². The average Bonchev–Trinajstić information content (AvgIpc) is 3.05. The fourth-order valence-electron chi connectivity index (χ4n) is 9.10. The van der Waals surface area contributed by atoms with E-state index in [-0.39, 0.29) is 17.5 Å². The summed E-state index contributed by atoms with van der Waals surface area (Å²) in [6.45, 7) is 14.0. The number of carbonyl (C=O) groups is 1. The molecule has 0 aromatic heterocycles. The molecule has 3 saturated carbocycles. The van der Waals surface area contributed by atoms with Gasteiger partial charge in [-0.3, -0.25) is 4.79 Å². The highest BCUT2D eigenvalue weighted by molar-refractivity contribution is 5.66. The van der Waals surface area contributed by atoms with E-state index in [0.29, 0.717) is 11.3 Å². The average molecular weight is 429 g/mol. The molecule has 0 aromatic rings. The minimum absolute atomic E-state index is 0.0785. The Hall–Kier alpha value is -0.790. The van der Waals surface area contributed by atoms with Crippen LogP contribution in [0.2, 0.25) is 0 Å². The Morgan fingerprint density at radius 2 is 1.87 bits per heavy atom. The fourth-order valence-corrected chi connectivity index (χ4v) is 9.10. The van der Waals surface area contributed by atoms with Crippen molar-refractivity contribution in [2.75, 3.05) is 0 Å². The first-order valence-electron chi connectivity index (χ1n) is 13.5. The first-order chi connectivity index (χ1) is 14.7. The van der Waals surface area contributed by atoms with Crippen LogP contribution in [-0.4, -0.2) is 12.1 Å². The third-order valence-corrected chi connectivity index (χ3v) is 10.6. The van der Waals surface area contributed by atoms with Gasteiger partial charge in [0, 0.05) is 12.3 Å². The highest BCUT2D eigenvalue weighted by Gasteiger charge is 2.61. The lowest BCUT2D eigenvalue weighted by molar-refractivity contribution is -0.162. The lowest BCUT2D eigenvalue weighted by Gasteiger charge is -2.59. The SMILES string of the molecule is CC(=O)O[C@H]1CCCC2=CC[C@H]3[C@@H]4CC[C@H]([C@H](C)CCCC(C)C)[C@@]4(C)CC[C@@H]3[C@]21C. The van der Waals surface area contributed by atoms with Gasteiger partial charge in [0.05, 0.1) is 0 Å². The number of allylic oxidation sites excluding steroid dienone is 1. The molecular weight excluding hydrogens is 380 g/mol. The van der Waals surface area contributed by atoms with E-state index in [0.717, 1.165) is 36.0 Å². The zero-order valence-corrected chi connectivity index (χ0v) is 21.2. The third-order valence-electron chi connectivity index (χ3n) is 10.6. The number of rotatable bonds is 6. The Balaban J connectivity index is 1.53. The Morgan fingerprint density at radius 1 is 1.10 bits per heavy atom. The standard InChI is InChI=1S/C29H48O2/c1-19(2)9-7-10-20(3)24-15-16-25-23-14-13-22-11-8-12-27(31-21(4)30)29(22,6)26(23)17-18-28(24,25)5/h13,19-20,23-27H,7-12,14-18H2,1-6H3/t20-,23+,24-,25+,26+,27+,28-,29+/m1/s1. The van der Waals surface area contributed by atoms with Crippen LogP contribution in [0.5, 0.6) is 0 Å². The second kappa shape index (κ2) is 8.86. The summed E-state index contributed by atoms with van der Waals surface area (Å²) in [6, 6.07) is 0. The van der Waals surface area contributed by atoms with Gasteiger partial charge in [-0.1, -0.05) is 65.5 Å². The number of esters is 1. The van der Waals surface area contributed by atoms with Crippen LogP contribution in [0.1, 0.15) is 112 Å². The van der Waals surface area contributed by atoms with Gasteiger partial charge in [0.2, 0.25) is 0 Å². The molecule has 4 aliphatic carbocycles. The molecule has 0 N–H and O–H groups in total. The number of hydrogen-bond acceptors (Lipinski definition) is 2. The van der Waals surface area contributed by atoms with Crippen LogP contribution < -0.4 is 0 Å². The van der Waals surface area contributed by atoms with E-state index in [4.69, 9.17) is 4.74 Å². The largest absolute Gasteiger partial charge is 0.462 e. The molecule has 2 nitrogen and oxygen atoms in total. The van der Waals surface area contributed by atoms with Crippen molar-refractivity contribution in [3.8, 4) is 0 Å². The van der Waals surface area contributed by atoms with Gasteiger partial charge in [-0.25, -0.2) is 0 Å². The molecule has 4 aliphatic rings. The van der Waals surface area contributed by atoms with Crippen LogP contribution in [0, 0.1) is 46.3 Å². The van der Waals surface area contributed by atoms with Gasteiger partial charge in [-0.15, -0.1) is 0 Å². The fraction of sp³-hybridized carbons (Fsp3) is 0.897. The van der Waals surface area contributed by atoms with Gasteiger partial charge < -0.3 is 4.74 Å². The summed E-state index contributed by atoms with van der Waals surface area (Å²) in [7, 11) is 0. The van der Waals surface area contributed by atoms with Gasteiger partial charge in [-0.05, 0) is 92.3 Å². The maximum Gasteiger partial charge on any atom is 0.302 e. The predicted molar refractivity (Wildman–Crippen MR) is 129 cm³/mol. The topological polar surface area (TPSA) is 26.3 Å². The maximum absolute atomic E-state index is 11.9. The molecule has 0 aromatic carbocycles. The van der Waals surface area contributed by atoms with Crippen molar-refractivity contribution in [1.82, 2.24) is 0 Å². The van der Waals surface area contributed by atoms with Crippen LogP contribution in [0.25, 0.3) is 0 Å². The normalized spacial score (nSPS) is 42.9. The molecule has 0 unspecified atom stereocenters. The summed E-state index contributed by atoms with van der Waals surface area (Å²) in [6.07, 6.45) is 17.2. The van der Waals surface area contributed by atoms with Crippen molar-refractivity contribution in [2.24, 2.45) is 46.3 Å². The molecule has 3 fully saturated rings. The molecular formula is C29H48O2. The summed E-state index contributed by atoms with van der Waals surface area (Å²) < 4.78 is 5.99. The van der Waals surface area contributed by atoms with Crippen molar-refractivity contribution in [3.05, 3.63) is 11.6 Å². The first kappa shape index (κ1) is 23.4. The molecule has 0 radical (unpaired) electrons. The van der Waals surface area contributed by atoms with E-state index >= 15 is 0 Å². The summed E-state index contributed by atoms with van der Waals surface area (Å²) in [5.41, 5.74) is 2.22. The van der Waals surface area contributed by atoms with E-state index in [1.807, 2.05) is 0 Å². The van der Waals surface area contributed by atoms with E-state index in [1.54, 1.807) is 12.5 Å². The lowest BCUT2D eigenvalue weighted by Crippen LogP contribution is -2.55. The maximum atomic E-state index is 11.9. The molecule has 0 amide bonds. The van der Waals surface area contributed by atoms with Crippen molar-refractivity contribution in [1.29, 1.82) is 0 Å². The molecule has 2 heteroatoms. The van der Waals surface area contributed by atoms with Crippen LogP contribution in [0.4, 0.5) is 0 Å². The molecule has 31 heavy (non-hydrogen) atoms. The van der Waals surface area contributed by atoms with Gasteiger partial charge in [0.15, 0.2) is 0 Å². The van der Waals surface area contributed by atoms with Gasteiger partial charge in [0.1, 0.15) is 6.10 Å². The predicted octanol–water partition coefficient (Wildman–Crippen LogP) is 7.96. The quantitative estimate of drug-likeness (QED) is 0.317. The lowest BCUT2D eigenvalue weighted by atomic mass is 9.46. The number of hydrogen-bond donors (Lipinski definition) is 0. The number of ether oxygens (including phenoxy) is 1. The van der Waals surface area contributed by atoms with Crippen molar-refractivity contribution >= 4 is 5.97 Å². The Morgan fingerprint density at radius 3 is 2.58 bits per heavy atom. The summed E-state index contributed by atoms with van der Waals surface area (Å²) in [5, 5.41) is 0. The second-order valence-electron chi connectivity index (χ2n) is 12.6. The molecule has 0 spiro atoms. The van der Waals surface area contributed by atoms with Crippen LogP contribution in [0.15, 0.2) is 11.6 Å². The molecule has 0 heterocycles. The van der Waals surface area contributed by atoms with Gasteiger partial charge in [-0.2, -0.15) is 0 Å². The third kappa shape index (κ3) is 4.04. The first-order valence-corrected chi connectivity index (χ1v) is 13.5. The second-order valence-corrected chi connectivity index (χ2v) is 12.6. The minimum Gasteiger partial charge on any atom is -0.462 e. The molecule has 0 bridgehead atoms. The van der Waals surface area contributed by atoms with Crippen LogP contribution in [-0.2, 0) is 9.53 Å². The Bertz CT molecular complexity index is 693. The molecule has 0 saturated heterocycles. The zero-order valence-electron chi connectivity index (χ0n) is 21.2. The number of fused-ring (bicyclic) bond motifs is 5. The highest BCUT2D eigenvalue weighted by Crippen LogP contribution is 2.67. The van der Waals surface area contributed by atoms with Crippen molar-refractivity contribution < 1.29 is 9.53 Å². The highest BCUT2D eigenvalue weighted by atomic mass is 16.5.